The Labute approximate surface area is 218 Å². The molecule has 3 nitrogen and oxygen atoms in total. The summed E-state index contributed by atoms with van der Waals surface area (Å²) in [5.74, 6) is 2.35. The van der Waals surface area contributed by atoms with Crippen LogP contribution in [0.1, 0.15) is 101 Å². The van der Waals surface area contributed by atoms with Gasteiger partial charge in [-0.25, -0.2) is 0 Å². The van der Waals surface area contributed by atoms with E-state index in [2.05, 4.69) is 43.8 Å². The van der Waals surface area contributed by atoms with Crippen LogP contribution in [0.3, 0.4) is 0 Å². The summed E-state index contributed by atoms with van der Waals surface area (Å²) in [6, 6.07) is 14.9. The first kappa shape index (κ1) is 30.8. The Morgan fingerprint density at radius 1 is 1.06 bits per heavy atom. The monoisotopic (exact) mass is 498 g/mol. The number of thioether (sulfide) groups is 1. The van der Waals surface area contributed by atoms with Crippen molar-refractivity contribution < 1.29 is 14.6 Å². The minimum absolute atomic E-state index is 0.1000. The number of esters is 1. The predicted octanol–water partition coefficient (Wildman–Crippen LogP) is 9.19. The summed E-state index contributed by atoms with van der Waals surface area (Å²) in [6.45, 7) is 11.4. The fraction of sp³-hybridized carbons (Fsp3) is 0.516. The normalized spacial score (nSPS) is 16.0. The van der Waals surface area contributed by atoms with Gasteiger partial charge in [0.05, 0.1) is 7.11 Å². The van der Waals surface area contributed by atoms with E-state index < -0.39 is 0 Å². The number of carbonyl (C=O) groups excluding carboxylic acids is 1. The van der Waals surface area contributed by atoms with Crippen LogP contribution in [0.15, 0.2) is 60.0 Å². The number of unbranched alkanes of at least 4 members (excludes halogenated alkanes) is 5. The van der Waals surface area contributed by atoms with Gasteiger partial charge in [-0.15, -0.1) is 18.3 Å². The molecule has 1 N–H and O–H groups in total. The lowest BCUT2D eigenvalue weighted by Crippen LogP contribution is -2.19. The van der Waals surface area contributed by atoms with E-state index in [0.717, 1.165) is 18.6 Å². The fourth-order valence-electron chi connectivity index (χ4n) is 4.41. The Hall–Kier alpha value is -2.20. The van der Waals surface area contributed by atoms with Gasteiger partial charge in [-0.05, 0) is 55.9 Å². The van der Waals surface area contributed by atoms with Crippen LogP contribution in [0.4, 0.5) is 0 Å². The molecule has 2 atom stereocenters. The number of carbonyl (C=O) groups is 1. The highest BCUT2D eigenvalue weighted by molar-refractivity contribution is 7.99. The lowest BCUT2D eigenvalue weighted by molar-refractivity contribution is -0.140. The van der Waals surface area contributed by atoms with Gasteiger partial charge in [0.1, 0.15) is 5.75 Å². The molecule has 0 aromatic heterocycles. The molecule has 0 fully saturated rings. The molecule has 1 heterocycles. The Balaban J connectivity index is 0.00000114. The Kier molecular flexibility index (Phi) is 16.0. The zero-order chi connectivity index (χ0) is 26.1. The molecule has 0 saturated carbocycles. The maximum absolute atomic E-state index is 11.2. The highest BCUT2D eigenvalue weighted by Crippen LogP contribution is 2.48. The molecule has 0 radical (unpaired) electrons. The second-order valence-corrected chi connectivity index (χ2v) is 9.86. The number of phenolic OH excluding ortho intramolecular Hbond substituents is 1. The van der Waals surface area contributed by atoms with Crippen LogP contribution in [-0.2, 0) is 9.53 Å². The van der Waals surface area contributed by atoms with Crippen molar-refractivity contribution >= 4 is 17.7 Å². The number of phenols is 1. The molecule has 2 aromatic carbocycles. The zero-order valence-corrected chi connectivity index (χ0v) is 23.3. The van der Waals surface area contributed by atoms with Crippen LogP contribution in [-0.4, -0.2) is 23.9 Å². The molecular weight excluding hydrogens is 452 g/mol. The van der Waals surface area contributed by atoms with Crippen molar-refractivity contribution in [3.8, 4) is 5.75 Å². The van der Waals surface area contributed by atoms with Crippen LogP contribution >= 0.6 is 11.8 Å². The molecule has 194 valence electrons. The first-order valence-electron chi connectivity index (χ1n) is 13.2. The molecule has 4 heteroatoms. The van der Waals surface area contributed by atoms with Crippen LogP contribution in [0.5, 0.6) is 5.75 Å². The quantitative estimate of drug-likeness (QED) is 0.201. The molecule has 1 aliphatic heterocycles. The summed E-state index contributed by atoms with van der Waals surface area (Å²) in [5.41, 5.74) is 4.13. The van der Waals surface area contributed by atoms with E-state index in [1.807, 2.05) is 44.7 Å². The van der Waals surface area contributed by atoms with Crippen LogP contribution < -0.4 is 0 Å². The van der Waals surface area contributed by atoms with E-state index in [1.54, 1.807) is 6.08 Å². The van der Waals surface area contributed by atoms with Gasteiger partial charge >= 0.3 is 5.97 Å². The second-order valence-electron chi connectivity index (χ2n) is 8.80. The standard InChI is InChI=1S/C26H34O3S.C3H6.C2H6/c1-19-11-13-20(14-12-19)24-18-30-25-17-21(27)15-16-23(25)22(24)9-7-5-3-4-6-8-10-26(28)29-2;1-3-2;1-2/h11-17,22,24,27H,3-10,18H2,1-2H3;3H,1H2,2H3;1-2H3. The van der Waals surface area contributed by atoms with Crippen molar-refractivity contribution in [2.45, 2.75) is 95.8 Å². The number of rotatable bonds is 10. The minimum Gasteiger partial charge on any atom is -0.508 e. The topological polar surface area (TPSA) is 46.5 Å². The number of fused-ring (bicyclic) bond motifs is 1. The second kappa shape index (κ2) is 18.1. The largest absolute Gasteiger partial charge is 0.508 e. The predicted molar refractivity (Wildman–Crippen MR) is 152 cm³/mol. The molecule has 2 unspecified atom stereocenters. The lowest BCUT2D eigenvalue weighted by atomic mass is 9.79. The fourth-order valence-corrected chi connectivity index (χ4v) is 5.78. The summed E-state index contributed by atoms with van der Waals surface area (Å²) in [4.78, 5) is 12.4. The van der Waals surface area contributed by atoms with Crippen molar-refractivity contribution in [3.63, 3.8) is 0 Å². The smallest absolute Gasteiger partial charge is 0.305 e. The highest BCUT2D eigenvalue weighted by Gasteiger charge is 2.31. The molecular formula is C31H46O3S. The third-order valence-electron chi connectivity index (χ3n) is 6.18. The number of aromatic hydroxyl groups is 1. The molecule has 0 spiro atoms. The number of allylic oxidation sites excluding steroid dienone is 1. The molecule has 1 aliphatic rings. The minimum atomic E-state index is -0.1000. The molecule has 2 aromatic rings. The van der Waals surface area contributed by atoms with Gasteiger partial charge in [0.25, 0.3) is 0 Å². The van der Waals surface area contributed by atoms with Crippen molar-refractivity contribution in [2.24, 2.45) is 0 Å². The number of hydrogen-bond donors (Lipinski definition) is 1. The number of aryl methyl sites for hydroxylation is 1. The van der Waals surface area contributed by atoms with E-state index in [0.29, 0.717) is 24.0 Å². The van der Waals surface area contributed by atoms with Crippen molar-refractivity contribution in [1.29, 1.82) is 0 Å². The van der Waals surface area contributed by atoms with E-state index >= 15 is 0 Å². The average molecular weight is 499 g/mol. The highest BCUT2D eigenvalue weighted by atomic mass is 32.2. The number of hydrogen-bond acceptors (Lipinski definition) is 4. The summed E-state index contributed by atoms with van der Waals surface area (Å²) >= 11 is 1.87. The van der Waals surface area contributed by atoms with E-state index in [1.165, 1.54) is 60.8 Å². The number of ether oxygens (including phenoxy) is 1. The van der Waals surface area contributed by atoms with Crippen LogP contribution in [0, 0.1) is 6.92 Å². The van der Waals surface area contributed by atoms with Crippen LogP contribution in [0.2, 0.25) is 0 Å². The van der Waals surface area contributed by atoms with Gasteiger partial charge in [0.15, 0.2) is 0 Å². The summed E-state index contributed by atoms with van der Waals surface area (Å²) in [5, 5.41) is 9.91. The molecule has 0 bridgehead atoms. The molecule has 0 saturated heterocycles. The van der Waals surface area contributed by atoms with Crippen molar-refractivity contribution in [3.05, 3.63) is 71.8 Å². The maximum atomic E-state index is 11.2. The summed E-state index contributed by atoms with van der Waals surface area (Å²) < 4.78 is 4.70. The molecule has 0 aliphatic carbocycles. The number of benzene rings is 2. The third kappa shape index (κ3) is 10.9. The van der Waals surface area contributed by atoms with E-state index in [9.17, 15) is 9.90 Å². The Morgan fingerprint density at radius 3 is 2.29 bits per heavy atom. The summed E-state index contributed by atoms with van der Waals surface area (Å²) in [6.07, 6.45) is 10.4. The SMILES string of the molecule is C=CC.CC.COC(=O)CCCCCCCCC1c2ccc(O)cc2SCC1c1ccc(C)cc1. The first-order valence-corrected chi connectivity index (χ1v) is 14.1. The van der Waals surface area contributed by atoms with Crippen LogP contribution in [0.25, 0.3) is 0 Å². The maximum Gasteiger partial charge on any atom is 0.305 e. The zero-order valence-electron chi connectivity index (χ0n) is 22.5. The molecule has 0 amide bonds. The van der Waals surface area contributed by atoms with Crippen molar-refractivity contribution in [1.82, 2.24) is 0 Å². The van der Waals surface area contributed by atoms with Gasteiger partial charge in [0.2, 0.25) is 0 Å². The lowest BCUT2D eigenvalue weighted by Gasteiger charge is -2.34. The van der Waals surface area contributed by atoms with Gasteiger partial charge in [0, 0.05) is 23.0 Å². The Bertz CT molecular complexity index is 860. The van der Waals surface area contributed by atoms with E-state index in [4.69, 9.17) is 4.74 Å². The number of methoxy groups -OCH3 is 1. The van der Waals surface area contributed by atoms with Crippen molar-refractivity contribution in [2.75, 3.05) is 12.9 Å². The van der Waals surface area contributed by atoms with Gasteiger partial charge in [-0.3, -0.25) is 4.79 Å². The van der Waals surface area contributed by atoms with E-state index in [-0.39, 0.29) is 5.97 Å². The Morgan fingerprint density at radius 2 is 1.66 bits per heavy atom. The van der Waals surface area contributed by atoms with Gasteiger partial charge < -0.3 is 9.84 Å². The summed E-state index contributed by atoms with van der Waals surface area (Å²) in [7, 11) is 1.45. The molecule has 35 heavy (non-hydrogen) atoms. The molecule has 3 rings (SSSR count). The van der Waals surface area contributed by atoms with Gasteiger partial charge in [-0.1, -0.05) is 87.9 Å². The first-order chi connectivity index (χ1) is 17.0. The average Bonchev–Trinajstić information content (AvgIpc) is 2.87. The van der Waals surface area contributed by atoms with Gasteiger partial charge in [-0.2, -0.15) is 0 Å². The third-order valence-corrected chi connectivity index (χ3v) is 7.37.